The van der Waals surface area contributed by atoms with Gasteiger partial charge in [0.05, 0.1) is 11.6 Å². The van der Waals surface area contributed by atoms with E-state index in [2.05, 4.69) is 10.3 Å². The second-order valence-corrected chi connectivity index (χ2v) is 9.86. The van der Waals surface area contributed by atoms with Gasteiger partial charge in [-0.15, -0.1) is 0 Å². The number of amides is 1. The molecule has 0 radical (unpaired) electrons. The average molecular weight is 471 g/mol. The van der Waals surface area contributed by atoms with Gasteiger partial charge in [0, 0.05) is 23.6 Å². The van der Waals surface area contributed by atoms with Gasteiger partial charge in [0.25, 0.3) is 11.8 Å². The number of rotatable bonds is 8. The smallest absolute Gasteiger partial charge is 0.275 e. The molecule has 0 aliphatic heterocycles. The third-order valence-electron chi connectivity index (χ3n) is 4.54. The quantitative estimate of drug-likeness (QED) is 0.604. The summed E-state index contributed by atoms with van der Waals surface area (Å²) >= 11 is 5.92. The average Bonchev–Trinajstić information content (AvgIpc) is 3.48. The fourth-order valence-electron chi connectivity index (χ4n) is 2.85. The summed E-state index contributed by atoms with van der Waals surface area (Å²) in [6.07, 6.45) is 4.16. The van der Waals surface area contributed by atoms with Crippen LogP contribution in [0.2, 0.25) is 5.02 Å². The number of hydrogen-bond donors (Lipinski definition) is 1. The second kappa shape index (κ2) is 8.92. The van der Waals surface area contributed by atoms with Gasteiger partial charge >= 0.3 is 0 Å². The standard InChI is InChI=1S/C21H21ClF2N2O4S/c1-21(23,24)16-8-9-18(26-20(16)30-15-5-3-4-14(22)12-15)19(27)25-17(13-6-7-13)10-11-31(2,28)29/h3-5,8-13,17H,6-7H2,1-2H3,(H,25,27)/b11-10+/t17-/m1/s1. The monoisotopic (exact) mass is 470 g/mol. The van der Waals surface area contributed by atoms with Gasteiger partial charge in [-0.1, -0.05) is 23.7 Å². The molecule has 1 amide bonds. The fourth-order valence-corrected chi connectivity index (χ4v) is 3.49. The molecular weight excluding hydrogens is 450 g/mol. The molecule has 1 aliphatic rings. The van der Waals surface area contributed by atoms with E-state index in [-0.39, 0.29) is 17.4 Å². The number of ether oxygens (including phenoxy) is 1. The maximum absolute atomic E-state index is 14.1. The highest BCUT2D eigenvalue weighted by atomic mass is 35.5. The van der Waals surface area contributed by atoms with E-state index in [0.717, 1.165) is 30.6 Å². The lowest BCUT2D eigenvalue weighted by atomic mass is 10.1. The number of hydrogen-bond acceptors (Lipinski definition) is 5. The Labute approximate surface area is 184 Å². The van der Waals surface area contributed by atoms with E-state index in [1.165, 1.54) is 24.3 Å². The number of halogens is 3. The lowest BCUT2D eigenvalue weighted by Crippen LogP contribution is -2.35. The van der Waals surface area contributed by atoms with Crippen molar-refractivity contribution in [3.63, 3.8) is 0 Å². The van der Waals surface area contributed by atoms with Gasteiger partial charge in [-0.2, -0.15) is 0 Å². The summed E-state index contributed by atoms with van der Waals surface area (Å²) in [4.78, 5) is 16.7. The van der Waals surface area contributed by atoms with Crippen LogP contribution in [-0.4, -0.2) is 31.6 Å². The van der Waals surface area contributed by atoms with Crippen LogP contribution in [0.4, 0.5) is 8.78 Å². The van der Waals surface area contributed by atoms with Crippen LogP contribution in [0.5, 0.6) is 11.6 Å². The van der Waals surface area contributed by atoms with Crippen LogP contribution in [0.25, 0.3) is 0 Å². The minimum Gasteiger partial charge on any atom is -0.438 e. The van der Waals surface area contributed by atoms with Crippen LogP contribution >= 0.6 is 11.6 Å². The largest absolute Gasteiger partial charge is 0.438 e. The molecule has 0 spiro atoms. The SMILES string of the molecule is CC(F)(F)c1ccc(C(=O)N[C@H](/C=C/S(C)(=O)=O)C2CC2)nc1Oc1cccc(Cl)c1. The summed E-state index contributed by atoms with van der Waals surface area (Å²) in [5, 5.41) is 4.10. The van der Waals surface area contributed by atoms with Gasteiger partial charge in [-0.25, -0.2) is 22.2 Å². The first kappa shape index (κ1) is 23.1. The lowest BCUT2D eigenvalue weighted by molar-refractivity contribution is 0.0149. The highest BCUT2D eigenvalue weighted by molar-refractivity contribution is 7.93. The first-order valence-corrected chi connectivity index (χ1v) is 11.8. The van der Waals surface area contributed by atoms with E-state index >= 15 is 0 Å². The van der Waals surface area contributed by atoms with E-state index in [9.17, 15) is 22.0 Å². The van der Waals surface area contributed by atoms with E-state index < -0.39 is 39.2 Å². The first-order valence-electron chi connectivity index (χ1n) is 9.44. The summed E-state index contributed by atoms with van der Waals surface area (Å²) in [5.41, 5.74) is -0.622. The first-order chi connectivity index (χ1) is 14.4. The minimum atomic E-state index is -3.35. The van der Waals surface area contributed by atoms with Crippen molar-refractivity contribution in [2.75, 3.05) is 6.26 Å². The van der Waals surface area contributed by atoms with Crippen molar-refractivity contribution in [2.45, 2.75) is 31.7 Å². The van der Waals surface area contributed by atoms with E-state index in [1.807, 2.05) is 0 Å². The Morgan fingerprint density at radius 3 is 2.61 bits per heavy atom. The maximum Gasteiger partial charge on any atom is 0.275 e. The van der Waals surface area contributed by atoms with Crippen LogP contribution in [0.1, 0.15) is 35.8 Å². The number of sulfone groups is 1. The minimum absolute atomic E-state index is 0.114. The maximum atomic E-state index is 14.1. The summed E-state index contributed by atoms with van der Waals surface area (Å²) in [5.74, 6) is -4.00. The van der Waals surface area contributed by atoms with E-state index in [0.29, 0.717) is 11.9 Å². The number of pyridine rings is 1. The lowest BCUT2D eigenvalue weighted by Gasteiger charge is -2.18. The highest BCUT2D eigenvalue weighted by Gasteiger charge is 2.33. The van der Waals surface area contributed by atoms with Gasteiger partial charge in [0.15, 0.2) is 9.84 Å². The molecule has 1 aromatic carbocycles. The number of benzene rings is 1. The van der Waals surface area contributed by atoms with Crippen LogP contribution in [0.3, 0.4) is 0 Å². The molecular formula is C21H21ClF2N2O4S. The Kier molecular flexibility index (Phi) is 6.66. The zero-order valence-corrected chi connectivity index (χ0v) is 18.4. The van der Waals surface area contributed by atoms with Crippen LogP contribution in [0, 0.1) is 5.92 Å². The zero-order valence-electron chi connectivity index (χ0n) is 16.8. The van der Waals surface area contributed by atoms with Crippen molar-refractivity contribution in [3.8, 4) is 11.6 Å². The number of carbonyl (C=O) groups is 1. The normalized spacial score (nSPS) is 15.6. The van der Waals surface area contributed by atoms with Crippen LogP contribution in [-0.2, 0) is 15.8 Å². The summed E-state index contributed by atoms with van der Waals surface area (Å²) in [6.45, 7) is 0.702. The summed E-state index contributed by atoms with van der Waals surface area (Å²) in [6, 6.07) is 7.91. The molecule has 1 fully saturated rings. The molecule has 166 valence electrons. The molecule has 31 heavy (non-hydrogen) atoms. The van der Waals surface area contributed by atoms with E-state index in [1.54, 1.807) is 12.1 Å². The van der Waals surface area contributed by atoms with E-state index in [4.69, 9.17) is 16.3 Å². The topological polar surface area (TPSA) is 85.4 Å². The second-order valence-electron chi connectivity index (χ2n) is 7.49. The molecule has 0 unspecified atom stereocenters. The molecule has 6 nitrogen and oxygen atoms in total. The molecule has 0 saturated heterocycles. The number of nitrogens with zero attached hydrogens (tertiary/aromatic N) is 1. The third-order valence-corrected chi connectivity index (χ3v) is 5.42. The van der Waals surface area contributed by atoms with Crippen molar-refractivity contribution in [2.24, 2.45) is 5.92 Å². The molecule has 1 aromatic heterocycles. The predicted octanol–water partition coefficient (Wildman–Crippen LogP) is 4.71. The Bertz CT molecular complexity index is 1110. The summed E-state index contributed by atoms with van der Waals surface area (Å²) < 4.78 is 56.4. The molecule has 3 rings (SSSR count). The Balaban J connectivity index is 1.88. The number of carbonyl (C=O) groups excluding carboxylic acids is 1. The molecule has 1 saturated carbocycles. The number of aromatic nitrogens is 1. The Hall–Kier alpha value is -2.52. The Morgan fingerprint density at radius 1 is 1.32 bits per heavy atom. The number of nitrogens with one attached hydrogen (secondary N) is 1. The van der Waals surface area contributed by atoms with Crippen LogP contribution < -0.4 is 10.1 Å². The van der Waals surface area contributed by atoms with Gasteiger partial charge in [0.1, 0.15) is 11.4 Å². The molecule has 1 aliphatic carbocycles. The molecule has 1 atom stereocenters. The van der Waals surface area contributed by atoms with Gasteiger partial charge in [-0.3, -0.25) is 4.79 Å². The van der Waals surface area contributed by atoms with Gasteiger partial charge < -0.3 is 10.1 Å². The molecule has 0 bridgehead atoms. The number of alkyl halides is 2. The fraction of sp³-hybridized carbons (Fsp3) is 0.333. The molecule has 10 heteroatoms. The highest BCUT2D eigenvalue weighted by Crippen LogP contribution is 2.36. The van der Waals surface area contributed by atoms with Gasteiger partial charge in [-0.05, 0) is 49.1 Å². The third kappa shape index (κ3) is 6.73. The predicted molar refractivity (Wildman–Crippen MR) is 113 cm³/mol. The molecule has 2 aromatic rings. The van der Waals surface area contributed by atoms with Crippen molar-refractivity contribution < 1.29 is 26.7 Å². The van der Waals surface area contributed by atoms with Crippen molar-refractivity contribution in [1.82, 2.24) is 10.3 Å². The van der Waals surface area contributed by atoms with Crippen molar-refractivity contribution in [1.29, 1.82) is 0 Å². The van der Waals surface area contributed by atoms with Gasteiger partial charge in [0.2, 0.25) is 5.88 Å². The Morgan fingerprint density at radius 2 is 2.03 bits per heavy atom. The van der Waals surface area contributed by atoms with Crippen molar-refractivity contribution >= 4 is 27.3 Å². The summed E-state index contributed by atoms with van der Waals surface area (Å²) in [7, 11) is -3.35. The van der Waals surface area contributed by atoms with Crippen molar-refractivity contribution in [3.05, 3.63) is 64.2 Å². The molecule has 1 N–H and O–H groups in total. The van der Waals surface area contributed by atoms with Crippen LogP contribution in [0.15, 0.2) is 47.9 Å². The molecule has 1 heterocycles. The zero-order chi connectivity index (χ0) is 22.8.